The van der Waals surface area contributed by atoms with E-state index >= 15 is 0 Å². The fraction of sp³-hybridized carbons (Fsp3) is 0.412. The first-order chi connectivity index (χ1) is 9.16. The van der Waals surface area contributed by atoms with Gasteiger partial charge in [0.15, 0.2) is 0 Å². The molecular weight excluding hydrogens is 300 g/mol. The summed E-state index contributed by atoms with van der Waals surface area (Å²) in [7, 11) is 0. The molecule has 0 saturated carbocycles. The number of hydrogen-bond donors (Lipinski definition) is 0. The fourth-order valence-corrected chi connectivity index (χ4v) is 3.79. The van der Waals surface area contributed by atoms with Gasteiger partial charge in [-0.15, -0.1) is 0 Å². The third kappa shape index (κ3) is 2.44. The first kappa shape index (κ1) is 13.1. The molecule has 0 bridgehead atoms. The van der Waals surface area contributed by atoms with Gasteiger partial charge in [0.25, 0.3) is 0 Å². The molecular formula is C17H19BrO. The van der Waals surface area contributed by atoms with E-state index in [1.807, 2.05) is 0 Å². The van der Waals surface area contributed by atoms with E-state index in [1.165, 1.54) is 21.9 Å². The minimum atomic E-state index is 0.378. The third-order valence-electron chi connectivity index (χ3n) is 4.12. The molecule has 2 aromatic rings. The highest BCUT2D eigenvalue weighted by atomic mass is 79.9. The van der Waals surface area contributed by atoms with Crippen molar-refractivity contribution in [1.29, 1.82) is 0 Å². The Kier molecular flexibility index (Phi) is 3.64. The van der Waals surface area contributed by atoms with Crippen molar-refractivity contribution in [2.24, 2.45) is 5.92 Å². The summed E-state index contributed by atoms with van der Waals surface area (Å²) < 4.78 is 5.71. The van der Waals surface area contributed by atoms with E-state index in [4.69, 9.17) is 4.74 Å². The van der Waals surface area contributed by atoms with E-state index in [9.17, 15) is 0 Å². The maximum atomic E-state index is 5.71. The quantitative estimate of drug-likeness (QED) is 0.707. The van der Waals surface area contributed by atoms with Gasteiger partial charge in [-0.25, -0.2) is 0 Å². The summed E-state index contributed by atoms with van der Waals surface area (Å²) in [5.41, 5.74) is 2.74. The molecule has 1 heterocycles. The summed E-state index contributed by atoms with van der Waals surface area (Å²) in [6.45, 7) is 5.20. The Bertz CT molecular complexity index is 593. The molecule has 100 valence electrons. The molecule has 1 aliphatic rings. The van der Waals surface area contributed by atoms with Crippen molar-refractivity contribution in [3.63, 3.8) is 0 Å². The van der Waals surface area contributed by atoms with Crippen LogP contribution in [0, 0.1) is 12.8 Å². The van der Waals surface area contributed by atoms with Crippen LogP contribution in [0.15, 0.2) is 36.4 Å². The summed E-state index contributed by atoms with van der Waals surface area (Å²) in [5.74, 6) is 0.570. The molecule has 3 atom stereocenters. The van der Waals surface area contributed by atoms with Crippen molar-refractivity contribution in [3.8, 4) is 0 Å². The molecule has 2 aromatic carbocycles. The van der Waals surface area contributed by atoms with Crippen LogP contribution in [0.2, 0.25) is 0 Å². The van der Waals surface area contributed by atoms with Crippen LogP contribution >= 0.6 is 15.9 Å². The zero-order valence-corrected chi connectivity index (χ0v) is 13.0. The lowest BCUT2D eigenvalue weighted by atomic mass is 9.92. The van der Waals surface area contributed by atoms with E-state index in [-0.39, 0.29) is 0 Å². The Balaban J connectivity index is 2.03. The Hall–Kier alpha value is -0.860. The maximum absolute atomic E-state index is 5.71. The predicted molar refractivity (Wildman–Crippen MR) is 83.9 cm³/mol. The number of halogens is 1. The van der Waals surface area contributed by atoms with Gasteiger partial charge >= 0.3 is 0 Å². The average Bonchev–Trinajstić information content (AvgIpc) is 2.86. The summed E-state index contributed by atoms with van der Waals surface area (Å²) in [5, 5.41) is 2.72. The number of hydrogen-bond acceptors (Lipinski definition) is 1. The number of rotatable bonds is 2. The van der Waals surface area contributed by atoms with Crippen LogP contribution in [0.3, 0.4) is 0 Å². The highest BCUT2D eigenvalue weighted by Crippen LogP contribution is 2.41. The number of fused-ring (bicyclic) bond motifs is 1. The lowest BCUT2D eigenvalue weighted by Crippen LogP contribution is -2.08. The third-order valence-corrected chi connectivity index (χ3v) is 5.36. The number of benzene rings is 2. The smallest absolute Gasteiger partial charge is 0.0551 e. The predicted octanol–water partition coefficient (Wildman–Crippen LogP) is 5.01. The highest BCUT2D eigenvalue weighted by molar-refractivity contribution is 9.09. The van der Waals surface area contributed by atoms with Crippen LogP contribution < -0.4 is 0 Å². The van der Waals surface area contributed by atoms with Crippen molar-refractivity contribution >= 4 is 26.7 Å². The van der Waals surface area contributed by atoms with Crippen molar-refractivity contribution < 1.29 is 4.74 Å². The standard InChI is InChI=1S/C17H19BrO/c1-11-7-8-16(15-6-4-3-5-14(11)15)17(18)13-9-12(2)19-10-13/h3-8,12-13,17H,9-10H2,1-2H3. The van der Waals surface area contributed by atoms with E-state index < -0.39 is 0 Å². The molecule has 2 heteroatoms. The van der Waals surface area contributed by atoms with Crippen LogP contribution in [-0.2, 0) is 4.74 Å². The molecule has 0 aliphatic carbocycles. The van der Waals surface area contributed by atoms with Crippen LogP contribution in [-0.4, -0.2) is 12.7 Å². The number of alkyl halides is 1. The Labute approximate surface area is 123 Å². The van der Waals surface area contributed by atoms with Gasteiger partial charge in [0.05, 0.1) is 12.7 Å². The normalized spacial score (nSPS) is 24.8. The van der Waals surface area contributed by atoms with Crippen LogP contribution in [0.4, 0.5) is 0 Å². The lowest BCUT2D eigenvalue weighted by Gasteiger charge is -2.19. The summed E-state index contributed by atoms with van der Waals surface area (Å²) in [6, 6.07) is 13.2. The van der Waals surface area contributed by atoms with Gasteiger partial charge < -0.3 is 4.74 Å². The number of aryl methyl sites for hydroxylation is 1. The Morgan fingerprint density at radius 2 is 1.89 bits per heavy atom. The van der Waals surface area contributed by atoms with E-state index in [2.05, 4.69) is 66.2 Å². The van der Waals surface area contributed by atoms with Gasteiger partial charge in [0, 0.05) is 10.7 Å². The molecule has 3 unspecified atom stereocenters. The Morgan fingerprint density at radius 3 is 2.58 bits per heavy atom. The van der Waals surface area contributed by atoms with Gasteiger partial charge in [-0.2, -0.15) is 0 Å². The second-order valence-electron chi connectivity index (χ2n) is 5.56. The molecule has 0 N–H and O–H groups in total. The second kappa shape index (κ2) is 5.26. The average molecular weight is 319 g/mol. The van der Waals surface area contributed by atoms with Crippen LogP contribution in [0.25, 0.3) is 10.8 Å². The molecule has 19 heavy (non-hydrogen) atoms. The van der Waals surface area contributed by atoms with Crippen LogP contribution in [0.1, 0.15) is 29.3 Å². The van der Waals surface area contributed by atoms with Crippen molar-refractivity contribution in [2.75, 3.05) is 6.61 Å². The summed E-state index contributed by atoms with van der Waals surface area (Å²) in [6.07, 6.45) is 1.53. The molecule has 1 nitrogen and oxygen atoms in total. The highest BCUT2D eigenvalue weighted by Gasteiger charge is 2.29. The van der Waals surface area contributed by atoms with Crippen molar-refractivity contribution in [3.05, 3.63) is 47.5 Å². The van der Waals surface area contributed by atoms with Crippen LogP contribution in [0.5, 0.6) is 0 Å². The van der Waals surface area contributed by atoms with Gasteiger partial charge in [0.1, 0.15) is 0 Å². The maximum Gasteiger partial charge on any atom is 0.0551 e. The molecule has 0 aromatic heterocycles. The van der Waals surface area contributed by atoms with Gasteiger partial charge in [-0.05, 0) is 42.2 Å². The van der Waals surface area contributed by atoms with Crippen molar-refractivity contribution in [1.82, 2.24) is 0 Å². The molecule has 3 rings (SSSR count). The van der Waals surface area contributed by atoms with Crippen molar-refractivity contribution in [2.45, 2.75) is 31.2 Å². The molecule has 0 amide bonds. The summed E-state index contributed by atoms with van der Waals surface area (Å²) >= 11 is 3.91. The van der Waals surface area contributed by atoms with Gasteiger partial charge in [0.2, 0.25) is 0 Å². The molecule has 1 aliphatic heterocycles. The molecule has 0 spiro atoms. The Morgan fingerprint density at radius 1 is 1.16 bits per heavy atom. The first-order valence-electron chi connectivity index (χ1n) is 6.90. The first-order valence-corrected chi connectivity index (χ1v) is 7.82. The zero-order valence-electron chi connectivity index (χ0n) is 11.4. The topological polar surface area (TPSA) is 9.23 Å². The van der Waals surface area contributed by atoms with E-state index in [0.717, 1.165) is 13.0 Å². The van der Waals surface area contributed by atoms with E-state index in [0.29, 0.717) is 16.8 Å². The zero-order chi connectivity index (χ0) is 13.4. The molecule has 1 saturated heterocycles. The SMILES string of the molecule is Cc1ccc(C(Br)C2COC(C)C2)c2ccccc12. The van der Waals surface area contributed by atoms with Gasteiger partial charge in [-0.1, -0.05) is 52.3 Å². The largest absolute Gasteiger partial charge is 0.378 e. The molecule has 1 fully saturated rings. The van der Waals surface area contributed by atoms with Gasteiger partial charge in [-0.3, -0.25) is 0 Å². The minimum absolute atomic E-state index is 0.378. The monoisotopic (exact) mass is 318 g/mol. The minimum Gasteiger partial charge on any atom is -0.378 e. The lowest BCUT2D eigenvalue weighted by molar-refractivity contribution is 0.120. The second-order valence-corrected chi connectivity index (χ2v) is 6.55. The number of ether oxygens (including phenoxy) is 1. The summed E-state index contributed by atoms with van der Waals surface area (Å²) in [4.78, 5) is 0.378. The molecule has 0 radical (unpaired) electrons. The van der Waals surface area contributed by atoms with E-state index in [1.54, 1.807) is 0 Å². The fourth-order valence-electron chi connectivity index (χ4n) is 3.02.